The summed E-state index contributed by atoms with van der Waals surface area (Å²) in [6, 6.07) is 4.33. The van der Waals surface area contributed by atoms with Crippen molar-refractivity contribution in [2.24, 2.45) is 4.99 Å². The number of anilines is 1. The number of ether oxygens (including phenoxy) is 2. The molecule has 2 aliphatic heterocycles. The van der Waals surface area contributed by atoms with Gasteiger partial charge in [0.25, 0.3) is 0 Å². The molecule has 0 saturated carbocycles. The Kier molecular flexibility index (Phi) is 10.8. The maximum Gasteiger partial charge on any atom is 0.194 e. The largest absolute Gasteiger partial charge is 0.381 e. The summed E-state index contributed by atoms with van der Waals surface area (Å²) in [5, 5.41) is 6.97. The quantitative estimate of drug-likeness (QED) is 0.266. The molecular formula is C19H33IN4O2S. The predicted octanol–water partition coefficient (Wildman–Crippen LogP) is 3.04. The third-order valence-electron chi connectivity index (χ3n) is 4.82. The number of nitrogens with one attached hydrogen (secondary N) is 1. The standard InChI is InChI=1S/C19H32N4O2S.HI/c1-2-20-19(21-8-4-13-25-17-6-14-24-15-7-17)23-11-9-22(10-12-23)18-5-3-16-26-18;/h3,5,16-17H,2,4,6-15H2,1H3,(H,20,21);1H. The zero-order valence-electron chi connectivity index (χ0n) is 16.3. The van der Waals surface area contributed by atoms with Crippen molar-refractivity contribution in [3.8, 4) is 0 Å². The zero-order chi connectivity index (χ0) is 18.0. The van der Waals surface area contributed by atoms with E-state index in [1.54, 1.807) is 0 Å². The number of nitrogens with zero attached hydrogens (tertiary/aromatic N) is 3. The molecule has 6 nitrogen and oxygen atoms in total. The molecular weight excluding hydrogens is 475 g/mol. The second-order valence-electron chi connectivity index (χ2n) is 6.70. The summed E-state index contributed by atoms with van der Waals surface area (Å²) in [4.78, 5) is 9.67. The molecule has 0 radical (unpaired) electrons. The van der Waals surface area contributed by atoms with Crippen molar-refractivity contribution in [3.63, 3.8) is 0 Å². The lowest BCUT2D eigenvalue weighted by Gasteiger charge is -2.37. The second kappa shape index (κ2) is 12.8. The topological polar surface area (TPSA) is 49.3 Å². The van der Waals surface area contributed by atoms with Crippen molar-refractivity contribution in [1.29, 1.82) is 0 Å². The van der Waals surface area contributed by atoms with E-state index >= 15 is 0 Å². The maximum absolute atomic E-state index is 5.94. The van der Waals surface area contributed by atoms with Gasteiger partial charge in [-0.25, -0.2) is 0 Å². The maximum atomic E-state index is 5.94. The van der Waals surface area contributed by atoms with E-state index in [9.17, 15) is 0 Å². The van der Waals surface area contributed by atoms with Crippen LogP contribution in [-0.4, -0.2) is 76.1 Å². The Morgan fingerprint density at radius 1 is 1.30 bits per heavy atom. The number of hydrogen-bond donors (Lipinski definition) is 1. The van der Waals surface area contributed by atoms with Crippen LogP contribution >= 0.6 is 35.3 Å². The van der Waals surface area contributed by atoms with E-state index in [-0.39, 0.29) is 24.0 Å². The first kappa shape index (κ1) is 22.7. The van der Waals surface area contributed by atoms with Crippen molar-refractivity contribution >= 4 is 46.3 Å². The number of aliphatic imine (C=N–C) groups is 1. The van der Waals surface area contributed by atoms with Crippen molar-refractivity contribution in [3.05, 3.63) is 17.5 Å². The first-order chi connectivity index (χ1) is 12.9. The average Bonchev–Trinajstić information content (AvgIpc) is 3.23. The van der Waals surface area contributed by atoms with Gasteiger partial charge < -0.3 is 24.6 Å². The summed E-state index contributed by atoms with van der Waals surface area (Å²) in [6.45, 7) is 10.5. The highest BCUT2D eigenvalue weighted by Gasteiger charge is 2.20. The van der Waals surface area contributed by atoms with Crippen LogP contribution in [0.4, 0.5) is 5.00 Å². The van der Waals surface area contributed by atoms with Crippen LogP contribution in [0, 0.1) is 0 Å². The van der Waals surface area contributed by atoms with Crippen molar-refractivity contribution < 1.29 is 9.47 Å². The van der Waals surface area contributed by atoms with Crippen LogP contribution in [0.5, 0.6) is 0 Å². The number of halogens is 1. The lowest BCUT2D eigenvalue weighted by atomic mass is 10.1. The van der Waals surface area contributed by atoms with E-state index in [2.05, 4.69) is 39.6 Å². The van der Waals surface area contributed by atoms with Crippen molar-refractivity contribution in [1.82, 2.24) is 10.2 Å². The molecule has 0 spiro atoms. The zero-order valence-corrected chi connectivity index (χ0v) is 19.4. The third kappa shape index (κ3) is 7.40. The Morgan fingerprint density at radius 2 is 2.07 bits per heavy atom. The lowest BCUT2D eigenvalue weighted by Crippen LogP contribution is -2.52. The summed E-state index contributed by atoms with van der Waals surface area (Å²) in [5.41, 5.74) is 0. The molecule has 2 fully saturated rings. The van der Waals surface area contributed by atoms with Crippen LogP contribution in [0.25, 0.3) is 0 Å². The van der Waals surface area contributed by atoms with Crippen LogP contribution in [-0.2, 0) is 9.47 Å². The fourth-order valence-corrected chi connectivity index (χ4v) is 4.14. The SMILES string of the molecule is CCNC(=NCCCOC1CCOCC1)N1CCN(c2cccs2)CC1.I. The van der Waals surface area contributed by atoms with Gasteiger partial charge in [-0.15, -0.1) is 35.3 Å². The van der Waals surface area contributed by atoms with Gasteiger partial charge in [0.05, 0.1) is 11.1 Å². The predicted molar refractivity (Wildman–Crippen MR) is 124 cm³/mol. The molecule has 1 aromatic rings. The minimum Gasteiger partial charge on any atom is -0.381 e. The van der Waals surface area contributed by atoms with E-state index in [1.165, 1.54) is 5.00 Å². The van der Waals surface area contributed by atoms with Crippen LogP contribution in [0.15, 0.2) is 22.5 Å². The van der Waals surface area contributed by atoms with Gasteiger partial charge in [-0.3, -0.25) is 4.99 Å². The van der Waals surface area contributed by atoms with Gasteiger partial charge in [-0.2, -0.15) is 0 Å². The van der Waals surface area contributed by atoms with E-state index in [0.717, 1.165) is 84.3 Å². The molecule has 3 rings (SSSR count). The van der Waals surface area contributed by atoms with Gasteiger partial charge in [0.2, 0.25) is 0 Å². The van der Waals surface area contributed by atoms with E-state index in [4.69, 9.17) is 14.5 Å². The molecule has 27 heavy (non-hydrogen) atoms. The Morgan fingerprint density at radius 3 is 2.74 bits per heavy atom. The molecule has 0 unspecified atom stereocenters. The minimum atomic E-state index is 0. The summed E-state index contributed by atoms with van der Waals surface area (Å²) in [5.74, 6) is 1.05. The molecule has 1 aromatic heterocycles. The van der Waals surface area contributed by atoms with Crippen LogP contribution in [0.3, 0.4) is 0 Å². The van der Waals surface area contributed by atoms with Gasteiger partial charge in [-0.05, 0) is 43.7 Å². The van der Waals surface area contributed by atoms with Gasteiger partial charge in [0.1, 0.15) is 0 Å². The van der Waals surface area contributed by atoms with Crippen LogP contribution in [0.2, 0.25) is 0 Å². The Bertz CT molecular complexity index is 530. The highest BCUT2D eigenvalue weighted by atomic mass is 127. The van der Waals surface area contributed by atoms with Crippen LogP contribution < -0.4 is 10.2 Å². The summed E-state index contributed by atoms with van der Waals surface area (Å²) < 4.78 is 11.3. The Hall–Kier alpha value is -0.580. The minimum absolute atomic E-state index is 0. The number of piperazine rings is 1. The van der Waals surface area contributed by atoms with E-state index in [1.807, 2.05) is 11.3 Å². The van der Waals surface area contributed by atoms with Gasteiger partial charge in [0.15, 0.2) is 5.96 Å². The molecule has 3 heterocycles. The lowest BCUT2D eigenvalue weighted by molar-refractivity contribution is -0.0318. The second-order valence-corrected chi connectivity index (χ2v) is 7.62. The number of guanidine groups is 1. The normalized spacial score (nSPS) is 19.1. The van der Waals surface area contributed by atoms with E-state index in [0.29, 0.717) is 6.10 Å². The van der Waals surface area contributed by atoms with Crippen molar-refractivity contribution in [2.75, 3.05) is 64.0 Å². The molecule has 1 N–H and O–H groups in total. The van der Waals surface area contributed by atoms with E-state index < -0.39 is 0 Å². The molecule has 0 atom stereocenters. The number of thiophene rings is 1. The number of rotatable bonds is 7. The summed E-state index contributed by atoms with van der Waals surface area (Å²) >= 11 is 1.82. The molecule has 0 aliphatic carbocycles. The first-order valence-corrected chi connectivity index (χ1v) is 10.8. The Balaban J connectivity index is 0.00000261. The highest BCUT2D eigenvalue weighted by molar-refractivity contribution is 14.0. The molecule has 0 bridgehead atoms. The van der Waals surface area contributed by atoms with Gasteiger partial charge in [-0.1, -0.05) is 0 Å². The molecule has 2 aliphatic rings. The van der Waals surface area contributed by atoms with Gasteiger partial charge in [0, 0.05) is 59.1 Å². The summed E-state index contributed by atoms with van der Waals surface area (Å²) in [6.07, 6.45) is 3.41. The fourth-order valence-electron chi connectivity index (χ4n) is 3.36. The van der Waals surface area contributed by atoms with Gasteiger partial charge >= 0.3 is 0 Å². The molecule has 2 saturated heterocycles. The third-order valence-corrected chi connectivity index (χ3v) is 5.75. The van der Waals surface area contributed by atoms with Crippen LogP contribution in [0.1, 0.15) is 26.2 Å². The average molecular weight is 508 g/mol. The molecule has 0 amide bonds. The monoisotopic (exact) mass is 508 g/mol. The first-order valence-electron chi connectivity index (χ1n) is 9.88. The fraction of sp³-hybridized carbons (Fsp3) is 0.737. The summed E-state index contributed by atoms with van der Waals surface area (Å²) in [7, 11) is 0. The molecule has 8 heteroatoms. The van der Waals surface area contributed by atoms with Crippen molar-refractivity contribution in [2.45, 2.75) is 32.3 Å². The molecule has 154 valence electrons. The Labute approximate surface area is 184 Å². The number of hydrogen-bond acceptors (Lipinski definition) is 5. The smallest absolute Gasteiger partial charge is 0.194 e. The highest BCUT2D eigenvalue weighted by Crippen LogP contribution is 2.22. The molecule has 0 aromatic carbocycles.